The molecule has 8 heteroatoms. The summed E-state index contributed by atoms with van der Waals surface area (Å²) >= 11 is 1.33. The maximum atomic E-state index is 13.4. The smallest absolute Gasteiger partial charge is 0.328 e. The van der Waals surface area contributed by atoms with Gasteiger partial charge in [-0.15, -0.1) is 11.3 Å². The van der Waals surface area contributed by atoms with Crippen LogP contribution < -0.4 is 5.32 Å². The number of benzene rings is 2. The molecule has 6 nitrogen and oxygen atoms in total. The van der Waals surface area contributed by atoms with Gasteiger partial charge in [-0.05, 0) is 23.8 Å². The van der Waals surface area contributed by atoms with E-state index in [1.165, 1.54) is 30.6 Å². The standard InChI is InChI=1S/C23H20FN3O3S/c1-30-23(29)20(10-15-12-25-19-8-3-2-7-18(15)19)27-21(28)11-17-13-31-22(26-17)14-5-4-6-16(24)9-14/h2-9,12-13,20,25H,10-11H2,1H3,(H,27,28)/t20-/m1/s1. The molecule has 1 amide bonds. The summed E-state index contributed by atoms with van der Waals surface area (Å²) in [6, 6.07) is 13.1. The van der Waals surface area contributed by atoms with Gasteiger partial charge in [0.2, 0.25) is 5.91 Å². The summed E-state index contributed by atoms with van der Waals surface area (Å²) in [5.41, 5.74) is 3.08. The Labute approximate surface area is 182 Å². The van der Waals surface area contributed by atoms with Crippen LogP contribution in [0, 0.1) is 5.82 Å². The van der Waals surface area contributed by atoms with Gasteiger partial charge in [0, 0.05) is 34.5 Å². The molecule has 0 saturated heterocycles. The molecule has 0 radical (unpaired) electrons. The molecular formula is C23H20FN3O3S. The lowest BCUT2D eigenvalue weighted by atomic mass is 10.0. The fraction of sp³-hybridized carbons (Fsp3) is 0.174. The van der Waals surface area contributed by atoms with Crippen molar-refractivity contribution in [2.75, 3.05) is 7.11 Å². The highest BCUT2D eigenvalue weighted by Gasteiger charge is 2.23. The Morgan fingerprint density at radius 2 is 2.06 bits per heavy atom. The van der Waals surface area contributed by atoms with Crippen molar-refractivity contribution < 1.29 is 18.7 Å². The molecule has 4 rings (SSSR count). The number of esters is 1. The van der Waals surface area contributed by atoms with Gasteiger partial charge in [-0.3, -0.25) is 4.79 Å². The van der Waals surface area contributed by atoms with Crippen LogP contribution in [0.2, 0.25) is 0 Å². The number of methoxy groups -OCH3 is 1. The SMILES string of the molecule is COC(=O)[C@@H](Cc1c[nH]c2ccccc12)NC(=O)Cc1csc(-c2cccc(F)c2)n1. The summed E-state index contributed by atoms with van der Waals surface area (Å²) in [6.45, 7) is 0. The van der Waals surface area contributed by atoms with Crippen molar-refractivity contribution in [3.63, 3.8) is 0 Å². The Balaban J connectivity index is 1.45. The molecule has 2 aromatic heterocycles. The van der Waals surface area contributed by atoms with Crippen LogP contribution in [0.4, 0.5) is 4.39 Å². The van der Waals surface area contributed by atoms with Crippen molar-refractivity contribution >= 4 is 34.1 Å². The highest BCUT2D eigenvalue weighted by molar-refractivity contribution is 7.13. The van der Waals surface area contributed by atoms with E-state index < -0.39 is 12.0 Å². The van der Waals surface area contributed by atoms with Gasteiger partial charge in [-0.1, -0.05) is 30.3 Å². The van der Waals surface area contributed by atoms with E-state index in [0.29, 0.717) is 22.7 Å². The van der Waals surface area contributed by atoms with Crippen LogP contribution in [0.15, 0.2) is 60.1 Å². The number of aromatic amines is 1. The number of carbonyl (C=O) groups is 2. The summed E-state index contributed by atoms with van der Waals surface area (Å²) in [4.78, 5) is 32.5. The molecule has 0 aliphatic heterocycles. The lowest BCUT2D eigenvalue weighted by Crippen LogP contribution is -2.43. The summed E-state index contributed by atoms with van der Waals surface area (Å²) in [5, 5.41) is 6.13. The molecule has 2 N–H and O–H groups in total. The molecule has 1 atom stereocenters. The number of aromatic nitrogens is 2. The van der Waals surface area contributed by atoms with E-state index in [1.54, 1.807) is 17.5 Å². The number of thiazole rings is 1. The fourth-order valence-electron chi connectivity index (χ4n) is 3.41. The van der Waals surface area contributed by atoms with Gasteiger partial charge < -0.3 is 15.0 Å². The zero-order valence-electron chi connectivity index (χ0n) is 16.7. The molecule has 0 bridgehead atoms. The number of nitrogens with zero attached hydrogens (tertiary/aromatic N) is 1. The molecule has 0 aliphatic rings. The average Bonchev–Trinajstić information content (AvgIpc) is 3.40. The number of nitrogens with one attached hydrogen (secondary N) is 2. The molecule has 4 aromatic rings. The Bertz CT molecular complexity index is 1230. The minimum absolute atomic E-state index is 0.00714. The van der Waals surface area contributed by atoms with Crippen LogP contribution in [0.25, 0.3) is 21.5 Å². The van der Waals surface area contributed by atoms with E-state index >= 15 is 0 Å². The van der Waals surface area contributed by atoms with Gasteiger partial charge >= 0.3 is 5.97 Å². The van der Waals surface area contributed by atoms with Crippen LogP contribution in [-0.4, -0.2) is 35.0 Å². The molecule has 0 spiro atoms. The minimum Gasteiger partial charge on any atom is -0.467 e. The Kier molecular flexibility index (Phi) is 6.08. The predicted molar refractivity (Wildman–Crippen MR) is 117 cm³/mol. The first kappa shape index (κ1) is 20.7. The minimum atomic E-state index is -0.821. The highest BCUT2D eigenvalue weighted by Crippen LogP contribution is 2.24. The molecule has 0 fully saturated rings. The number of H-pyrrole nitrogens is 1. The van der Waals surface area contributed by atoms with E-state index in [4.69, 9.17) is 4.74 Å². The zero-order valence-corrected chi connectivity index (χ0v) is 17.5. The monoisotopic (exact) mass is 437 g/mol. The molecule has 2 heterocycles. The maximum absolute atomic E-state index is 13.4. The van der Waals surface area contributed by atoms with Gasteiger partial charge in [0.15, 0.2) is 0 Å². The normalized spacial score (nSPS) is 11.9. The van der Waals surface area contributed by atoms with Gasteiger partial charge in [0.1, 0.15) is 16.9 Å². The predicted octanol–water partition coefficient (Wildman–Crippen LogP) is 3.87. The van der Waals surface area contributed by atoms with Crippen molar-refractivity contribution in [1.82, 2.24) is 15.3 Å². The lowest BCUT2D eigenvalue weighted by molar-refractivity contribution is -0.145. The van der Waals surface area contributed by atoms with Crippen LogP contribution in [-0.2, 0) is 27.2 Å². The summed E-state index contributed by atoms with van der Waals surface area (Å²) < 4.78 is 18.3. The molecule has 158 valence electrons. The lowest BCUT2D eigenvalue weighted by Gasteiger charge is -2.16. The number of fused-ring (bicyclic) bond motifs is 1. The van der Waals surface area contributed by atoms with Crippen molar-refractivity contribution in [1.29, 1.82) is 0 Å². The second-order valence-corrected chi connectivity index (χ2v) is 7.90. The number of hydrogen-bond donors (Lipinski definition) is 2. The second kappa shape index (κ2) is 9.09. The van der Waals surface area contributed by atoms with Crippen molar-refractivity contribution in [2.45, 2.75) is 18.9 Å². The van der Waals surface area contributed by atoms with E-state index in [2.05, 4.69) is 15.3 Å². The third-order valence-corrected chi connectivity index (χ3v) is 5.83. The molecule has 2 aromatic carbocycles. The largest absolute Gasteiger partial charge is 0.467 e. The average molecular weight is 437 g/mol. The number of halogens is 1. The number of hydrogen-bond acceptors (Lipinski definition) is 5. The Morgan fingerprint density at radius 3 is 2.87 bits per heavy atom. The van der Waals surface area contributed by atoms with Gasteiger partial charge in [0.25, 0.3) is 0 Å². The van der Waals surface area contributed by atoms with Gasteiger partial charge in [-0.25, -0.2) is 14.2 Å². The zero-order chi connectivity index (χ0) is 21.8. The van der Waals surface area contributed by atoms with Crippen molar-refractivity contribution in [3.05, 3.63) is 77.2 Å². The quantitative estimate of drug-likeness (QED) is 0.430. The van der Waals surface area contributed by atoms with Crippen molar-refractivity contribution in [2.24, 2.45) is 0 Å². The van der Waals surface area contributed by atoms with Crippen LogP contribution >= 0.6 is 11.3 Å². The first-order valence-electron chi connectivity index (χ1n) is 9.66. The topological polar surface area (TPSA) is 84.1 Å². The molecule has 0 unspecified atom stereocenters. The second-order valence-electron chi connectivity index (χ2n) is 7.04. The third kappa shape index (κ3) is 4.80. The van der Waals surface area contributed by atoms with E-state index in [-0.39, 0.29) is 18.1 Å². The number of para-hydroxylation sites is 1. The Hall–Kier alpha value is -3.52. The maximum Gasteiger partial charge on any atom is 0.328 e. The van der Waals surface area contributed by atoms with Crippen LogP contribution in [0.1, 0.15) is 11.3 Å². The highest BCUT2D eigenvalue weighted by atomic mass is 32.1. The molecule has 0 aliphatic carbocycles. The fourth-order valence-corrected chi connectivity index (χ4v) is 4.22. The summed E-state index contributed by atoms with van der Waals surface area (Å²) in [5.74, 6) is -1.20. The summed E-state index contributed by atoms with van der Waals surface area (Å²) in [6.07, 6.45) is 2.14. The number of rotatable bonds is 7. The van der Waals surface area contributed by atoms with Crippen molar-refractivity contribution in [3.8, 4) is 10.6 Å². The van der Waals surface area contributed by atoms with Crippen LogP contribution in [0.5, 0.6) is 0 Å². The number of ether oxygens (including phenoxy) is 1. The molecule has 0 saturated carbocycles. The van der Waals surface area contributed by atoms with Crippen LogP contribution in [0.3, 0.4) is 0 Å². The Morgan fingerprint density at radius 1 is 1.23 bits per heavy atom. The first-order valence-corrected chi connectivity index (χ1v) is 10.5. The third-order valence-electron chi connectivity index (χ3n) is 4.88. The molecule has 31 heavy (non-hydrogen) atoms. The molecular weight excluding hydrogens is 417 g/mol. The van der Waals surface area contributed by atoms with E-state index in [9.17, 15) is 14.0 Å². The number of carbonyl (C=O) groups excluding carboxylic acids is 2. The first-order chi connectivity index (χ1) is 15.0. The summed E-state index contributed by atoms with van der Waals surface area (Å²) in [7, 11) is 1.29. The van der Waals surface area contributed by atoms with Gasteiger partial charge in [-0.2, -0.15) is 0 Å². The van der Waals surface area contributed by atoms with E-state index in [0.717, 1.165) is 16.5 Å². The number of amides is 1. The van der Waals surface area contributed by atoms with Gasteiger partial charge in [0.05, 0.1) is 19.2 Å². The van der Waals surface area contributed by atoms with E-state index in [1.807, 2.05) is 30.5 Å².